The molecule has 2 aromatic rings. The molecule has 1 aromatic heterocycles. The highest BCUT2D eigenvalue weighted by Crippen LogP contribution is 2.29. The zero-order valence-electron chi connectivity index (χ0n) is 15.0. The quantitative estimate of drug-likeness (QED) is 0.730. The Labute approximate surface area is 163 Å². The van der Waals surface area contributed by atoms with Gasteiger partial charge in [0.15, 0.2) is 0 Å². The summed E-state index contributed by atoms with van der Waals surface area (Å²) in [6.07, 6.45) is 2.05. The van der Waals surface area contributed by atoms with Crippen LogP contribution in [-0.2, 0) is 4.74 Å². The normalized spacial score (nSPS) is 15.2. The van der Waals surface area contributed by atoms with Crippen LogP contribution in [0.2, 0.25) is 5.02 Å². The lowest BCUT2D eigenvalue weighted by Crippen LogP contribution is -2.37. The number of benzene rings is 1. The zero-order chi connectivity index (χ0) is 18.4. The molecule has 0 unspecified atom stereocenters. The SMILES string of the molecule is Cc1nc(-c2cccc(Cl)c2)sc1C(=O)NCCCCN1CCOCC1. The van der Waals surface area contributed by atoms with Crippen molar-refractivity contribution < 1.29 is 9.53 Å². The maximum absolute atomic E-state index is 12.4. The van der Waals surface area contributed by atoms with Gasteiger partial charge in [-0.25, -0.2) is 4.98 Å². The number of ether oxygens (including phenoxy) is 1. The number of nitrogens with zero attached hydrogens (tertiary/aromatic N) is 2. The standard InChI is InChI=1S/C19H24ClN3O2S/c1-14-17(26-19(22-14)15-5-4-6-16(20)13-15)18(24)21-7-2-3-8-23-9-11-25-12-10-23/h4-6,13H,2-3,7-12H2,1H3,(H,21,24). The topological polar surface area (TPSA) is 54.5 Å². The Hall–Kier alpha value is -1.47. The number of hydrogen-bond donors (Lipinski definition) is 1. The van der Waals surface area contributed by atoms with Crippen molar-refractivity contribution in [3.05, 3.63) is 39.9 Å². The molecule has 0 bridgehead atoms. The first-order valence-electron chi connectivity index (χ1n) is 8.95. The van der Waals surface area contributed by atoms with Gasteiger partial charge in [0, 0.05) is 30.2 Å². The molecule has 1 aliphatic rings. The number of aromatic nitrogens is 1. The van der Waals surface area contributed by atoms with E-state index >= 15 is 0 Å². The molecule has 0 spiro atoms. The highest BCUT2D eigenvalue weighted by Gasteiger charge is 2.16. The van der Waals surface area contributed by atoms with E-state index in [0.717, 1.165) is 62.0 Å². The van der Waals surface area contributed by atoms with Crippen LogP contribution in [-0.4, -0.2) is 55.2 Å². The number of carbonyl (C=O) groups excluding carboxylic acids is 1. The van der Waals surface area contributed by atoms with Crippen molar-refractivity contribution in [2.45, 2.75) is 19.8 Å². The van der Waals surface area contributed by atoms with Gasteiger partial charge >= 0.3 is 0 Å². The van der Waals surface area contributed by atoms with E-state index in [1.54, 1.807) is 0 Å². The molecule has 3 rings (SSSR count). The van der Waals surface area contributed by atoms with E-state index in [-0.39, 0.29) is 5.91 Å². The lowest BCUT2D eigenvalue weighted by atomic mass is 10.2. The van der Waals surface area contributed by atoms with Crippen molar-refractivity contribution in [2.24, 2.45) is 0 Å². The Bertz CT molecular complexity index is 744. The summed E-state index contributed by atoms with van der Waals surface area (Å²) >= 11 is 7.46. The van der Waals surface area contributed by atoms with Gasteiger partial charge in [-0.3, -0.25) is 9.69 Å². The monoisotopic (exact) mass is 393 g/mol. The van der Waals surface area contributed by atoms with Crippen LogP contribution in [0, 0.1) is 6.92 Å². The Kier molecular flexibility index (Phi) is 7.02. The number of nitrogens with one attached hydrogen (secondary N) is 1. The smallest absolute Gasteiger partial charge is 0.263 e. The third kappa shape index (κ3) is 5.27. The van der Waals surface area contributed by atoms with Gasteiger partial charge in [-0.05, 0) is 38.4 Å². The number of aryl methyl sites for hydroxylation is 1. The predicted molar refractivity (Wildman–Crippen MR) is 106 cm³/mol. The Morgan fingerprint density at radius 3 is 2.92 bits per heavy atom. The summed E-state index contributed by atoms with van der Waals surface area (Å²) < 4.78 is 5.35. The van der Waals surface area contributed by atoms with Gasteiger partial charge < -0.3 is 10.1 Å². The van der Waals surface area contributed by atoms with E-state index < -0.39 is 0 Å². The molecular formula is C19H24ClN3O2S. The predicted octanol–water partition coefficient (Wildman–Crippen LogP) is 3.61. The van der Waals surface area contributed by atoms with Crippen LogP contribution in [0.25, 0.3) is 10.6 Å². The highest BCUT2D eigenvalue weighted by atomic mass is 35.5. The van der Waals surface area contributed by atoms with Crippen molar-refractivity contribution in [3.8, 4) is 10.6 Å². The molecule has 1 aliphatic heterocycles. The number of hydrogen-bond acceptors (Lipinski definition) is 5. The molecule has 2 heterocycles. The number of halogens is 1. The first kappa shape index (κ1) is 19.3. The fraction of sp³-hybridized carbons (Fsp3) is 0.474. The molecule has 0 saturated carbocycles. The number of thiazole rings is 1. The average Bonchev–Trinajstić information content (AvgIpc) is 3.04. The molecular weight excluding hydrogens is 370 g/mol. The second kappa shape index (κ2) is 9.46. The lowest BCUT2D eigenvalue weighted by molar-refractivity contribution is 0.0372. The number of carbonyl (C=O) groups is 1. The number of morpholine rings is 1. The van der Waals surface area contributed by atoms with E-state index in [4.69, 9.17) is 16.3 Å². The number of rotatable bonds is 7. The molecule has 1 saturated heterocycles. The summed E-state index contributed by atoms with van der Waals surface area (Å²) in [4.78, 5) is 20.1. The van der Waals surface area contributed by atoms with Crippen LogP contribution in [0.5, 0.6) is 0 Å². The molecule has 5 nitrogen and oxygen atoms in total. The minimum absolute atomic E-state index is 0.0420. The zero-order valence-corrected chi connectivity index (χ0v) is 16.5. The number of amides is 1. The minimum atomic E-state index is -0.0420. The van der Waals surface area contributed by atoms with Crippen molar-refractivity contribution in [2.75, 3.05) is 39.4 Å². The first-order valence-corrected chi connectivity index (χ1v) is 10.1. The van der Waals surface area contributed by atoms with E-state index in [0.29, 0.717) is 16.4 Å². The first-order chi connectivity index (χ1) is 12.6. The molecule has 7 heteroatoms. The largest absolute Gasteiger partial charge is 0.379 e. The molecule has 0 aliphatic carbocycles. The van der Waals surface area contributed by atoms with E-state index in [1.807, 2.05) is 31.2 Å². The van der Waals surface area contributed by atoms with Gasteiger partial charge in [-0.1, -0.05) is 23.7 Å². The van der Waals surface area contributed by atoms with Gasteiger partial charge in [0.2, 0.25) is 0 Å². The molecule has 0 radical (unpaired) electrons. The molecule has 26 heavy (non-hydrogen) atoms. The molecule has 1 fully saturated rings. The summed E-state index contributed by atoms with van der Waals surface area (Å²) in [6.45, 7) is 7.31. The van der Waals surface area contributed by atoms with Crippen LogP contribution in [0.15, 0.2) is 24.3 Å². The van der Waals surface area contributed by atoms with Gasteiger partial charge in [0.25, 0.3) is 5.91 Å². The van der Waals surface area contributed by atoms with Crippen LogP contribution >= 0.6 is 22.9 Å². The van der Waals surface area contributed by atoms with Crippen LogP contribution in [0.4, 0.5) is 0 Å². The molecule has 1 N–H and O–H groups in total. The second-order valence-electron chi connectivity index (χ2n) is 6.36. The van der Waals surface area contributed by atoms with Crippen LogP contribution < -0.4 is 5.32 Å². The van der Waals surface area contributed by atoms with Crippen molar-refractivity contribution in [1.82, 2.24) is 15.2 Å². The lowest BCUT2D eigenvalue weighted by Gasteiger charge is -2.26. The summed E-state index contributed by atoms with van der Waals surface area (Å²) in [5.74, 6) is -0.0420. The second-order valence-corrected chi connectivity index (χ2v) is 7.80. The fourth-order valence-corrected chi connectivity index (χ4v) is 4.09. The van der Waals surface area contributed by atoms with E-state index in [1.165, 1.54) is 11.3 Å². The summed E-state index contributed by atoms with van der Waals surface area (Å²) in [7, 11) is 0. The molecule has 1 aromatic carbocycles. The minimum Gasteiger partial charge on any atom is -0.379 e. The molecule has 140 valence electrons. The van der Waals surface area contributed by atoms with Gasteiger partial charge in [0.1, 0.15) is 9.88 Å². The summed E-state index contributed by atoms with van der Waals surface area (Å²) in [6, 6.07) is 7.54. The summed E-state index contributed by atoms with van der Waals surface area (Å²) in [5, 5.41) is 4.51. The van der Waals surface area contributed by atoms with E-state index in [9.17, 15) is 4.79 Å². The van der Waals surface area contributed by atoms with Crippen molar-refractivity contribution in [1.29, 1.82) is 0 Å². The van der Waals surface area contributed by atoms with Crippen molar-refractivity contribution in [3.63, 3.8) is 0 Å². The van der Waals surface area contributed by atoms with E-state index in [2.05, 4.69) is 15.2 Å². The van der Waals surface area contributed by atoms with Gasteiger partial charge in [-0.15, -0.1) is 11.3 Å². The van der Waals surface area contributed by atoms with Gasteiger partial charge in [-0.2, -0.15) is 0 Å². The van der Waals surface area contributed by atoms with Crippen LogP contribution in [0.1, 0.15) is 28.2 Å². The Balaban J connectivity index is 1.47. The third-order valence-electron chi connectivity index (χ3n) is 4.36. The van der Waals surface area contributed by atoms with Crippen molar-refractivity contribution >= 4 is 28.8 Å². The van der Waals surface area contributed by atoms with Gasteiger partial charge in [0.05, 0.1) is 18.9 Å². The van der Waals surface area contributed by atoms with Crippen LogP contribution in [0.3, 0.4) is 0 Å². The fourth-order valence-electron chi connectivity index (χ4n) is 2.92. The highest BCUT2D eigenvalue weighted by molar-refractivity contribution is 7.17. The maximum atomic E-state index is 12.4. The summed E-state index contributed by atoms with van der Waals surface area (Å²) in [5.41, 5.74) is 1.70. The average molecular weight is 394 g/mol. The molecule has 1 amide bonds. The Morgan fingerprint density at radius 1 is 1.35 bits per heavy atom. The molecule has 0 atom stereocenters. The maximum Gasteiger partial charge on any atom is 0.263 e. The Morgan fingerprint density at radius 2 is 2.15 bits per heavy atom. The number of unbranched alkanes of at least 4 members (excludes halogenated alkanes) is 1. The third-order valence-corrected chi connectivity index (χ3v) is 5.81.